The molecule has 0 saturated carbocycles. The van der Waals surface area contributed by atoms with Crippen molar-refractivity contribution in [3.63, 3.8) is 0 Å². The van der Waals surface area contributed by atoms with Gasteiger partial charge in [-0.15, -0.1) is 22.7 Å². The molecule has 0 aliphatic carbocycles. The lowest BCUT2D eigenvalue weighted by atomic mass is 10.3. The van der Waals surface area contributed by atoms with Gasteiger partial charge in [0.25, 0.3) is 5.91 Å². The molecule has 2 aromatic rings. The summed E-state index contributed by atoms with van der Waals surface area (Å²) >= 11 is 9.69. The number of thiazole rings is 1. The van der Waals surface area contributed by atoms with Crippen molar-refractivity contribution in [2.75, 3.05) is 6.54 Å². The molecule has 1 fully saturated rings. The van der Waals surface area contributed by atoms with Crippen LogP contribution in [0.1, 0.15) is 22.7 Å². The van der Waals surface area contributed by atoms with Crippen molar-refractivity contribution in [1.82, 2.24) is 9.88 Å². The molecule has 2 aromatic heterocycles. The first-order valence-electron chi connectivity index (χ1n) is 7.43. The van der Waals surface area contributed by atoms with Gasteiger partial charge in [0.2, 0.25) is 0 Å². The fourth-order valence-corrected chi connectivity index (χ4v) is 5.23. The standard InChI is InChI=1S/C16H14N2O3S4/c1-9-17-11(8-23-9)12-5-4-10(24-12)7-13-15(21)18(16(22)25-13)6-2-3-14(19)20/h4-5,7-8H,2-3,6H2,1H3,(H,19,20)/b13-7+. The summed E-state index contributed by atoms with van der Waals surface area (Å²) in [5, 5.41) is 11.7. The molecule has 0 aromatic carbocycles. The number of nitrogens with zero attached hydrogens (tertiary/aromatic N) is 2. The quantitative estimate of drug-likeness (QED) is 0.567. The highest BCUT2D eigenvalue weighted by Crippen LogP contribution is 2.35. The van der Waals surface area contributed by atoms with E-state index in [0.717, 1.165) is 20.5 Å². The molecular formula is C16H14N2O3S4. The fourth-order valence-electron chi connectivity index (χ4n) is 2.26. The molecule has 1 aliphatic rings. The number of amides is 1. The molecule has 0 spiro atoms. The van der Waals surface area contributed by atoms with Crippen molar-refractivity contribution in [3.8, 4) is 10.6 Å². The second kappa shape index (κ2) is 7.77. The van der Waals surface area contributed by atoms with Gasteiger partial charge >= 0.3 is 5.97 Å². The van der Waals surface area contributed by atoms with Crippen molar-refractivity contribution in [3.05, 3.63) is 32.3 Å². The first-order valence-corrected chi connectivity index (χ1v) is 10.4. The van der Waals surface area contributed by atoms with Gasteiger partial charge in [-0.25, -0.2) is 4.98 Å². The van der Waals surface area contributed by atoms with Crippen molar-refractivity contribution < 1.29 is 14.7 Å². The minimum Gasteiger partial charge on any atom is -0.481 e. The number of aryl methyl sites for hydroxylation is 1. The zero-order valence-electron chi connectivity index (χ0n) is 13.2. The second-order valence-electron chi connectivity index (χ2n) is 5.28. The van der Waals surface area contributed by atoms with E-state index < -0.39 is 5.97 Å². The summed E-state index contributed by atoms with van der Waals surface area (Å²) in [6.07, 6.45) is 2.25. The Hall–Kier alpha value is -1.55. The van der Waals surface area contributed by atoms with Gasteiger partial charge in [-0.3, -0.25) is 14.5 Å². The van der Waals surface area contributed by atoms with Crippen molar-refractivity contribution in [2.24, 2.45) is 0 Å². The molecule has 0 radical (unpaired) electrons. The number of aromatic nitrogens is 1. The van der Waals surface area contributed by atoms with Crippen LogP contribution in [0.3, 0.4) is 0 Å². The minimum absolute atomic E-state index is 0.0252. The van der Waals surface area contributed by atoms with Crippen LogP contribution in [0.2, 0.25) is 0 Å². The smallest absolute Gasteiger partial charge is 0.303 e. The lowest BCUT2D eigenvalue weighted by molar-refractivity contribution is -0.137. The lowest BCUT2D eigenvalue weighted by Crippen LogP contribution is -2.29. The van der Waals surface area contributed by atoms with Gasteiger partial charge in [0.05, 0.1) is 20.5 Å². The Bertz CT molecular complexity index is 868. The van der Waals surface area contributed by atoms with Crippen LogP contribution >= 0.6 is 46.7 Å². The third-order valence-corrected chi connectivity index (χ3v) is 6.62. The van der Waals surface area contributed by atoms with Crippen LogP contribution < -0.4 is 0 Å². The molecule has 1 saturated heterocycles. The van der Waals surface area contributed by atoms with Gasteiger partial charge in [0.1, 0.15) is 4.32 Å². The largest absolute Gasteiger partial charge is 0.481 e. The fraction of sp³-hybridized carbons (Fsp3) is 0.250. The molecule has 1 aliphatic heterocycles. The number of thiocarbonyl (C=S) groups is 1. The number of aliphatic carboxylic acids is 1. The average Bonchev–Trinajstić information content (AvgIpc) is 3.23. The van der Waals surface area contributed by atoms with E-state index in [1.807, 2.05) is 30.5 Å². The molecular weight excluding hydrogens is 396 g/mol. The first-order chi connectivity index (χ1) is 11.9. The number of hydrogen-bond acceptors (Lipinski definition) is 7. The molecule has 0 bridgehead atoms. The van der Waals surface area contributed by atoms with Gasteiger partial charge in [-0.05, 0) is 31.6 Å². The maximum atomic E-state index is 12.5. The molecule has 0 atom stereocenters. The Morgan fingerprint density at radius 2 is 2.24 bits per heavy atom. The molecule has 9 heteroatoms. The third kappa shape index (κ3) is 4.35. The SMILES string of the molecule is Cc1nc(-c2ccc(/C=C3/SC(=S)N(CCCC(=O)O)C3=O)s2)cs1. The number of carbonyl (C=O) groups is 2. The van der Waals surface area contributed by atoms with E-state index in [-0.39, 0.29) is 12.3 Å². The van der Waals surface area contributed by atoms with E-state index in [1.165, 1.54) is 16.7 Å². The van der Waals surface area contributed by atoms with E-state index in [1.54, 1.807) is 22.7 Å². The van der Waals surface area contributed by atoms with Crippen LogP contribution in [-0.2, 0) is 9.59 Å². The van der Waals surface area contributed by atoms with Crippen molar-refractivity contribution in [2.45, 2.75) is 19.8 Å². The number of thiophene rings is 1. The molecule has 5 nitrogen and oxygen atoms in total. The van der Waals surface area contributed by atoms with Gasteiger partial charge in [-0.1, -0.05) is 24.0 Å². The summed E-state index contributed by atoms with van der Waals surface area (Å²) in [7, 11) is 0. The summed E-state index contributed by atoms with van der Waals surface area (Å²) in [6, 6.07) is 3.96. The zero-order chi connectivity index (χ0) is 18.0. The molecule has 3 rings (SSSR count). The van der Waals surface area contributed by atoms with Gasteiger partial charge in [-0.2, -0.15) is 0 Å². The Kier molecular flexibility index (Phi) is 5.67. The average molecular weight is 411 g/mol. The normalized spacial score (nSPS) is 16.2. The summed E-state index contributed by atoms with van der Waals surface area (Å²) in [5.41, 5.74) is 0.952. The van der Waals surface area contributed by atoms with Crippen molar-refractivity contribution in [1.29, 1.82) is 0 Å². The molecule has 3 heterocycles. The Labute approximate surface area is 162 Å². The van der Waals surface area contributed by atoms with Crippen molar-refractivity contribution >= 4 is 68.9 Å². The molecule has 25 heavy (non-hydrogen) atoms. The summed E-state index contributed by atoms with van der Waals surface area (Å²) in [4.78, 5) is 31.6. The van der Waals surface area contributed by atoms with Gasteiger partial charge in [0, 0.05) is 23.2 Å². The number of carboxylic acids is 1. The third-order valence-electron chi connectivity index (χ3n) is 3.42. The molecule has 0 unspecified atom stereocenters. The highest BCUT2D eigenvalue weighted by Gasteiger charge is 2.31. The van der Waals surface area contributed by atoms with E-state index in [4.69, 9.17) is 17.3 Å². The number of carboxylic acid groups (broad SMARTS) is 1. The van der Waals surface area contributed by atoms with Crippen LogP contribution in [0.5, 0.6) is 0 Å². The number of rotatable bonds is 6. The van der Waals surface area contributed by atoms with E-state index in [0.29, 0.717) is 22.2 Å². The first kappa shape index (κ1) is 18.2. The van der Waals surface area contributed by atoms with Gasteiger partial charge in [0.15, 0.2) is 0 Å². The van der Waals surface area contributed by atoms with E-state index >= 15 is 0 Å². The van der Waals surface area contributed by atoms with Gasteiger partial charge < -0.3 is 5.11 Å². The number of thioether (sulfide) groups is 1. The predicted octanol–water partition coefficient (Wildman–Crippen LogP) is 4.25. The summed E-state index contributed by atoms with van der Waals surface area (Å²) in [5.74, 6) is -1.02. The topological polar surface area (TPSA) is 70.5 Å². The Morgan fingerprint density at radius 3 is 2.92 bits per heavy atom. The zero-order valence-corrected chi connectivity index (χ0v) is 16.5. The summed E-state index contributed by atoms with van der Waals surface area (Å²) < 4.78 is 0.480. The van der Waals surface area contributed by atoms with Crippen LogP contribution in [0.4, 0.5) is 0 Å². The lowest BCUT2D eigenvalue weighted by Gasteiger charge is -2.13. The monoisotopic (exact) mass is 410 g/mol. The molecule has 1 N–H and O–H groups in total. The van der Waals surface area contributed by atoms with Crippen LogP contribution in [0.25, 0.3) is 16.6 Å². The maximum Gasteiger partial charge on any atom is 0.303 e. The van der Waals surface area contributed by atoms with Crippen LogP contribution in [0, 0.1) is 6.92 Å². The molecule has 130 valence electrons. The maximum absolute atomic E-state index is 12.5. The summed E-state index contributed by atoms with van der Waals surface area (Å²) in [6.45, 7) is 2.31. The predicted molar refractivity (Wildman–Crippen MR) is 107 cm³/mol. The van der Waals surface area contributed by atoms with Crippen LogP contribution in [0.15, 0.2) is 22.4 Å². The Balaban J connectivity index is 1.71. The van der Waals surface area contributed by atoms with Crippen LogP contribution in [-0.4, -0.2) is 37.7 Å². The molecule has 1 amide bonds. The minimum atomic E-state index is -0.871. The Morgan fingerprint density at radius 1 is 1.44 bits per heavy atom. The highest BCUT2D eigenvalue weighted by atomic mass is 32.2. The van der Waals surface area contributed by atoms with E-state index in [9.17, 15) is 9.59 Å². The highest BCUT2D eigenvalue weighted by molar-refractivity contribution is 8.26. The number of carbonyl (C=O) groups excluding carboxylic acids is 1. The van der Waals surface area contributed by atoms with E-state index in [2.05, 4.69) is 4.98 Å². The number of hydrogen-bond donors (Lipinski definition) is 1. The second-order valence-corrected chi connectivity index (χ2v) is 9.14.